The van der Waals surface area contributed by atoms with Crippen molar-refractivity contribution in [2.24, 2.45) is 10.4 Å². The largest absolute Gasteiger partial charge is 0.381 e. The van der Waals surface area contributed by atoms with Crippen molar-refractivity contribution in [3.05, 3.63) is 35.4 Å². The van der Waals surface area contributed by atoms with E-state index in [0.717, 1.165) is 45.0 Å². The summed E-state index contributed by atoms with van der Waals surface area (Å²) in [7, 11) is 1.80. The third kappa shape index (κ3) is 5.34. The lowest BCUT2D eigenvalue weighted by molar-refractivity contribution is -0.176. The molecule has 1 aliphatic heterocycles. The van der Waals surface area contributed by atoms with Crippen molar-refractivity contribution < 1.29 is 14.2 Å². The molecule has 2 fully saturated rings. The Bertz CT molecular complexity index is 715. The second-order valence-electron chi connectivity index (χ2n) is 9.20. The van der Waals surface area contributed by atoms with Crippen LogP contribution >= 0.6 is 0 Å². The summed E-state index contributed by atoms with van der Waals surface area (Å²) in [5.74, 6) is 0.859. The van der Waals surface area contributed by atoms with Crippen LogP contribution < -0.4 is 10.6 Å². The zero-order valence-corrected chi connectivity index (χ0v) is 19.3. The average Bonchev–Trinajstić information content (AvgIpc) is 2.76. The van der Waals surface area contributed by atoms with Crippen molar-refractivity contribution in [1.82, 2.24) is 10.6 Å². The zero-order chi connectivity index (χ0) is 21.6. The van der Waals surface area contributed by atoms with Crippen LogP contribution in [0.15, 0.2) is 29.3 Å². The number of aliphatic imine (C=N–C) groups is 1. The van der Waals surface area contributed by atoms with E-state index in [9.17, 15) is 0 Å². The van der Waals surface area contributed by atoms with E-state index in [1.54, 1.807) is 7.11 Å². The molecule has 0 aromatic heterocycles. The summed E-state index contributed by atoms with van der Waals surface area (Å²) >= 11 is 0. The number of guanidine groups is 1. The second-order valence-corrected chi connectivity index (χ2v) is 9.20. The number of nitrogens with one attached hydrogen (secondary N) is 2. The molecule has 6 heteroatoms. The first-order valence-electron chi connectivity index (χ1n) is 11.2. The average molecular weight is 418 g/mol. The van der Waals surface area contributed by atoms with E-state index < -0.39 is 0 Å². The van der Waals surface area contributed by atoms with Crippen LogP contribution in [0.3, 0.4) is 0 Å². The van der Waals surface area contributed by atoms with Gasteiger partial charge < -0.3 is 24.8 Å². The van der Waals surface area contributed by atoms with E-state index in [0.29, 0.717) is 25.3 Å². The lowest BCUT2D eigenvalue weighted by Crippen LogP contribution is -2.69. The predicted octanol–water partition coefficient (Wildman–Crippen LogP) is 3.64. The maximum Gasteiger partial charge on any atom is 0.191 e. The normalized spacial score (nSPS) is 26.8. The minimum absolute atomic E-state index is 0.0410. The molecule has 2 unspecified atom stereocenters. The molecule has 0 bridgehead atoms. The Balaban J connectivity index is 1.57. The maximum absolute atomic E-state index is 6.06. The van der Waals surface area contributed by atoms with Crippen LogP contribution in [0.25, 0.3) is 0 Å². The van der Waals surface area contributed by atoms with Crippen LogP contribution in [0, 0.1) is 5.41 Å². The lowest BCUT2D eigenvalue weighted by Gasteiger charge is -2.59. The van der Waals surface area contributed by atoms with Gasteiger partial charge in [-0.3, -0.25) is 0 Å². The first kappa shape index (κ1) is 23.0. The highest BCUT2D eigenvalue weighted by atomic mass is 16.5. The summed E-state index contributed by atoms with van der Waals surface area (Å²) < 4.78 is 17.2. The maximum atomic E-state index is 6.06. The molecule has 1 saturated heterocycles. The molecular weight excluding hydrogens is 378 g/mol. The number of benzene rings is 1. The van der Waals surface area contributed by atoms with Gasteiger partial charge in [0, 0.05) is 38.3 Å². The summed E-state index contributed by atoms with van der Waals surface area (Å²) in [6.45, 7) is 12.5. The van der Waals surface area contributed by atoms with E-state index in [4.69, 9.17) is 19.2 Å². The number of rotatable bonds is 8. The van der Waals surface area contributed by atoms with Crippen molar-refractivity contribution in [3.8, 4) is 0 Å². The van der Waals surface area contributed by atoms with Crippen LogP contribution in [-0.4, -0.2) is 50.6 Å². The fourth-order valence-electron chi connectivity index (χ4n) is 4.25. The van der Waals surface area contributed by atoms with Crippen molar-refractivity contribution in [2.75, 3.05) is 26.9 Å². The number of nitrogens with zero attached hydrogens (tertiary/aromatic N) is 1. The van der Waals surface area contributed by atoms with Gasteiger partial charge in [0.2, 0.25) is 0 Å². The zero-order valence-electron chi connectivity index (χ0n) is 19.3. The van der Waals surface area contributed by atoms with Gasteiger partial charge in [0.05, 0.1) is 24.9 Å². The van der Waals surface area contributed by atoms with E-state index in [-0.39, 0.29) is 11.0 Å². The van der Waals surface area contributed by atoms with Gasteiger partial charge >= 0.3 is 0 Å². The Hall–Kier alpha value is -1.63. The monoisotopic (exact) mass is 417 g/mol. The van der Waals surface area contributed by atoms with Crippen LogP contribution in [0.4, 0.5) is 0 Å². The molecule has 1 saturated carbocycles. The molecule has 0 amide bonds. The van der Waals surface area contributed by atoms with Crippen LogP contribution in [0.5, 0.6) is 0 Å². The Kier molecular flexibility index (Phi) is 7.77. The van der Waals surface area contributed by atoms with E-state index in [1.165, 1.54) is 11.1 Å². The highest BCUT2D eigenvalue weighted by Crippen LogP contribution is 2.51. The molecule has 2 N–H and O–H groups in total. The molecule has 6 nitrogen and oxygen atoms in total. The molecule has 2 atom stereocenters. The molecule has 0 radical (unpaired) electrons. The van der Waals surface area contributed by atoms with Gasteiger partial charge in [0.1, 0.15) is 0 Å². The van der Waals surface area contributed by atoms with Gasteiger partial charge in [0.25, 0.3) is 0 Å². The molecule has 1 aromatic carbocycles. The van der Waals surface area contributed by atoms with Crippen LogP contribution in [0.2, 0.25) is 0 Å². The molecule has 30 heavy (non-hydrogen) atoms. The molecule has 1 aliphatic carbocycles. The molecular formula is C24H39N3O3. The van der Waals surface area contributed by atoms with Crippen molar-refractivity contribution >= 4 is 5.96 Å². The highest BCUT2D eigenvalue weighted by molar-refractivity contribution is 5.80. The van der Waals surface area contributed by atoms with Crippen molar-refractivity contribution in [1.29, 1.82) is 0 Å². The van der Waals surface area contributed by atoms with Gasteiger partial charge in [0.15, 0.2) is 5.96 Å². The van der Waals surface area contributed by atoms with Gasteiger partial charge in [-0.2, -0.15) is 0 Å². The topological polar surface area (TPSA) is 64.1 Å². The number of methoxy groups -OCH3 is 1. The van der Waals surface area contributed by atoms with E-state index in [2.05, 4.69) is 62.6 Å². The first-order chi connectivity index (χ1) is 14.4. The predicted molar refractivity (Wildman–Crippen MR) is 121 cm³/mol. The fraction of sp³-hybridized carbons (Fsp3) is 0.708. The molecule has 0 spiro atoms. The second kappa shape index (κ2) is 10.1. The third-order valence-corrected chi connectivity index (χ3v) is 7.00. The molecule has 2 aliphatic rings. The van der Waals surface area contributed by atoms with Crippen molar-refractivity contribution in [2.45, 2.75) is 77.9 Å². The Labute approximate surface area is 181 Å². The number of hydrogen-bond donors (Lipinski definition) is 2. The third-order valence-electron chi connectivity index (χ3n) is 7.00. The smallest absolute Gasteiger partial charge is 0.191 e. The lowest BCUT2D eigenvalue weighted by atomic mass is 9.56. The highest BCUT2D eigenvalue weighted by Gasteiger charge is 2.58. The van der Waals surface area contributed by atoms with Gasteiger partial charge in [-0.15, -0.1) is 0 Å². The minimum Gasteiger partial charge on any atom is -0.381 e. The summed E-state index contributed by atoms with van der Waals surface area (Å²) in [4.78, 5) is 4.83. The standard InChI is InChI=1S/C24H39N3O3/c1-6-25-22(27-21-15-24(4,28-5)23(21,2)3)26-16-18-8-7-9-19(14-18)17-30-20-10-12-29-13-11-20/h7-9,14,20-21H,6,10-13,15-17H2,1-5H3,(H2,25,26,27). The van der Waals surface area contributed by atoms with Crippen molar-refractivity contribution in [3.63, 3.8) is 0 Å². The summed E-state index contributed by atoms with van der Waals surface area (Å²) in [6, 6.07) is 8.87. The number of hydrogen-bond acceptors (Lipinski definition) is 4. The van der Waals surface area contributed by atoms with Crippen LogP contribution in [0.1, 0.15) is 58.1 Å². The minimum atomic E-state index is -0.0964. The molecule has 1 heterocycles. The van der Waals surface area contributed by atoms with Gasteiger partial charge in [-0.1, -0.05) is 38.1 Å². The number of ether oxygens (including phenoxy) is 3. The van der Waals surface area contributed by atoms with Gasteiger partial charge in [-0.05, 0) is 44.2 Å². The summed E-state index contributed by atoms with van der Waals surface area (Å²) in [5, 5.41) is 6.99. The first-order valence-corrected chi connectivity index (χ1v) is 11.2. The summed E-state index contributed by atoms with van der Waals surface area (Å²) in [6.07, 6.45) is 3.26. The Morgan fingerprint density at radius 1 is 1.20 bits per heavy atom. The fourth-order valence-corrected chi connectivity index (χ4v) is 4.25. The molecule has 1 aromatic rings. The SMILES string of the molecule is CCNC(=NCc1cccc(COC2CCOCC2)c1)NC1CC(C)(OC)C1(C)C. The van der Waals surface area contributed by atoms with E-state index >= 15 is 0 Å². The Morgan fingerprint density at radius 3 is 2.60 bits per heavy atom. The van der Waals surface area contributed by atoms with Crippen LogP contribution in [-0.2, 0) is 27.4 Å². The molecule has 3 rings (SSSR count). The Morgan fingerprint density at radius 2 is 1.93 bits per heavy atom. The summed E-state index contributed by atoms with van der Waals surface area (Å²) in [5.41, 5.74) is 2.33. The molecule has 168 valence electrons. The van der Waals surface area contributed by atoms with E-state index in [1.807, 2.05) is 0 Å². The van der Waals surface area contributed by atoms with Gasteiger partial charge in [-0.25, -0.2) is 4.99 Å². The quantitative estimate of drug-likeness (QED) is 0.499.